The zero-order valence-electron chi connectivity index (χ0n) is 19.0. The maximum absolute atomic E-state index is 12.4. The molecule has 0 atom stereocenters. The predicted molar refractivity (Wildman–Crippen MR) is 135 cm³/mol. The second-order valence-corrected chi connectivity index (χ2v) is 8.25. The summed E-state index contributed by atoms with van der Waals surface area (Å²) in [6, 6.07) is 24.0. The van der Waals surface area contributed by atoms with Gasteiger partial charge in [-0.1, -0.05) is 68.4 Å². The third kappa shape index (κ3) is 7.60. The predicted octanol–water partition coefficient (Wildman–Crippen LogP) is 4.10. The lowest BCUT2D eigenvalue weighted by Crippen LogP contribution is -2.49. The van der Waals surface area contributed by atoms with Gasteiger partial charge in [0.15, 0.2) is 11.7 Å². The number of hydrazine groups is 1. The Morgan fingerprint density at radius 1 is 0.882 bits per heavy atom. The minimum Gasteiger partial charge on any atom is -0.493 e. The monoisotopic (exact) mass is 477 g/mol. The molecule has 176 valence electrons. The molecule has 0 fully saturated rings. The number of carbonyl (C=O) groups is 2. The summed E-state index contributed by atoms with van der Waals surface area (Å²) in [6.07, 6.45) is 0. The first-order valence-electron chi connectivity index (χ1n) is 10.8. The minimum absolute atomic E-state index is 0.0449. The maximum Gasteiger partial charge on any atom is 0.276 e. The Morgan fingerprint density at radius 3 is 2.38 bits per heavy atom. The van der Waals surface area contributed by atoms with Crippen LogP contribution in [0.25, 0.3) is 11.1 Å². The van der Waals surface area contributed by atoms with E-state index in [1.54, 1.807) is 30.3 Å². The van der Waals surface area contributed by atoms with Gasteiger partial charge in [-0.25, -0.2) is 0 Å². The van der Waals surface area contributed by atoms with Crippen molar-refractivity contribution in [1.82, 2.24) is 16.2 Å². The van der Waals surface area contributed by atoms with E-state index in [2.05, 4.69) is 16.2 Å². The van der Waals surface area contributed by atoms with Gasteiger partial charge in [0.25, 0.3) is 11.8 Å². The fraction of sp³-hybridized carbons (Fsp3) is 0.192. The van der Waals surface area contributed by atoms with Crippen molar-refractivity contribution < 1.29 is 19.1 Å². The van der Waals surface area contributed by atoms with Gasteiger partial charge in [0, 0.05) is 11.1 Å². The van der Waals surface area contributed by atoms with Crippen molar-refractivity contribution in [1.29, 1.82) is 0 Å². The highest BCUT2D eigenvalue weighted by Gasteiger charge is 2.11. The first kappa shape index (κ1) is 24.7. The Balaban J connectivity index is 1.47. The van der Waals surface area contributed by atoms with Gasteiger partial charge < -0.3 is 9.47 Å². The van der Waals surface area contributed by atoms with Crippen molar-refractivity contribution in [2.24, 2.45) is 5.92 Å². The van der Waals surface area contributed by atoms with Gasteiger partial charge >= 0.3 is 0 Å². The number of hydrogen-bond acceptors (Lipinski definition) is 5. The first-order valence-corrected chi connectivity index (χ1v) is 11.2. The zero-order chi connectivity index (χ0) is 24.3. The van der Waals surface area contributed by atoms with Crippen LogP contribution in [0.2, 0.25) is 0 Å². The van der Waals surface area contributed by atoms with Crippen molar-refractivity contribution in [2.75, 3.05) is 13.2 Å². The number of amides is 2. The normalized spacial score (nSPS) is 10.3. The zero-order valence-corrected chi connectivity index (χ0v) is 19.9. The number of hydrogen-bond donors (Lipinski definition) is 3. The van der Waals surface area contributed by atoms with Gasteiger partial charge in [0.05, 0.1) is 6.61 Å². The number of carbonyl (C=O) groups excluding carboxylic acids is 2. The van der Waals surface area contributed by atoms with Crippen molar-refractivity contribution >= 4 is 29.1 Å². The van der Waals surface area contributed by atoms with E-state index in [0.717, 1.165) is 11.1 Å². The van der Waals surface area contributed by atoms with Crippen LogP contribution in [0.15, 0.2) is 78.9 Å². The van der Waals surface area contributed by atoms with Crippen LogP contribution >= 0.6 is 12.2 Å². The average Bonchev–Trinajstić information content (AvgIpc) is 2.86. The Bertz CT molecular complexity index is 1140. The maximum atomic E-state index is 12.4. The van der Waals surface area contributed by atoms with Gasteiger partial charge in [-0.3, -0.25) is 25.8 Å². The van der Waals surface area contributed by atoms with Crippen LogP contribution in [-0.4, -0.2) is 30.1 Å². The molecule has 7 nitrogen and oxygen atoms in total. The van der Waals surface area contributed by atoms with Crippen LogP contribution in [0.1, 0.15) is 24.2 Å². The Hall–Kier alpha value is -3.91. The topological polar surface area (TPSA) is 88.7 Å². The Labute approximate surface area is 204 Å². The number of rotatable bonds is 8. The van der Waals surface area contributed by atoms with E-state index in [1.165, 1.54) is 0 Å². The molecule has 0 radical (unpaired) electrons. The van der Waals surface area contributed by atoms with E-state index in [9.17, 15) is 9.59 Å². The van der Waals surface area contributed by atoms with E-state index in [1.807, 2.05) is 62.4 Å². The molecule has 0 aliphatic heterocycles. The van der Waals surface area contributed by atoms with E-state index in [4.69, 9.17) is 21.7 Å². The molecular weight excluding hydrogens is 450 g/mol. The largest absolute Gasteiger partial charge is 0.493 e. The van der Waals surface area contributed by atoms with Crippen molar-refractivity contribution in [3.63, 3.8) is 0 Å². The number of ether oxygens (including phenoxy) is 2. The molecule has 0 saturated carbocycles. The minimum atomic E-state index is -0.455. The lowest BCUT2D eigenvalue weighted by Gasteiger charge is -2.14. The molecule has 0 saturated heterocycles. The van der Waals surface area contributed by atoms with Gasteiger partial charge in [0.1, 0.15) is 11.5 Å². The van der Waals surface area contributed by atoms with Crippen LogP contribution in [0.4, 0.5) is 0 Å². The summed E-state index contributed by atoms with van der Waals surface area (Å²) in [5.41, 5.74) is 7.18. The highest BCUT2D eigenvalue weighted by atomic mass is 32.1. The summed E-state index contributed by atoms with van der Waals surface area (Å²) < 4.78 is 11.3. The standard InChI is InChI=1S/C26H27N3O4S/c1-18(2)16-32-21-12-8-11-20(15-21)25(31)27-26(34)29-28-24(30)17-33-23-14-7-6-13-22(23)19-9-4-3-5-10-19/h3-15,18H,16-17H2,1-2H3,(H,28,30)(H2,27,29,31,34). The molecule has 3 aromatic rings. The number of benzene rings is 3. The van der Waals surface area contributed by atoms with E-state index < -0.39 is 11.8 Å². The summed E-state index contributed by atoms with van der Waals surface area (Å²) in [7, 11) is 0. The van der Waals surface area contributed by atoms with Gasteiger partial charge in [-0.2, -0.15) is 0 Å². The Kier molecular flexibility index (Phi) is 8.99. The fourth-order valence-electron chi connectivity index (χ4n) is 2.95. The van der Waals surface area contributed by atoms with Gasteiger partial charge in [0.2, 0.25) is 0 Å². The highest BCUT2D eigenvalue weighted by molar-refractivity contribution is 7.80. The smallest absolute Gasteiger partial charge is 0.276 e. The fourth-order valence-corrected chi connectivity index (χ4v) is 3.09. The summed E-state index contributed by atoms with van der Waals surface area (Å²) in [5, 5.41) is 2.47. The second-order valence-electron chi connectivity index (χ2n) is 7.84. The van der Waals surface area contributed by atoms with Gasteiger partial charge in [-0.15, -0.1) is 0 Å². The van der Waals surface area contributed by atoms with Crippen LogP contribution in [-0.2, 0) is 4.79 Å². The van der Waals surface area contributed by atoms with Crippen molar-refractivity contribution in [3.05, 3.63) is 84.4 Å². The van der Waals surface area contributed by atoms with Crippen molar-refractivity contribution in [3.8, 4) is 22.6 Å². The lowest BCUT2D eigenvalue weighted by molar-refractivity contribution is -0.123. The van der Waals surface area contributed by atoms with Crippen LogP contribution in [0.5, 0.6) is 11.5 Å². The average molecular weight is 478 g/mol. The van der Waals surface area contributed by atoms with Gasteiger partial charge in [-0.05, 0) is 48.0 Å². The summed E-state index contributed by atoms with van der Waals surface area (Å²) >= 11 is 5.10. The molecule has 2 amide bonds. The molecule has 0 spiro atoms. The molecule has 3 rings (SSSR count). The molecule has 34 heavy (non-hydrogen) atoms. The van der Waals surface area contributed by atoms with E-state index in [0.29, 0.717) is 29.6 Å². The summed E-state index contributed by atoms with van der Waals surface area (Å²) in [4.78, 5) is 24.6. The number of para-hydroxylation sites is 1. The van der Waals surface area contributed by atoms with Crippen molar-refractivity contribution in [2.45, 2.75) is 13.8 Å². The van der Waals surface area contributed by atoms with E-state index >= 15 is 0 Å². The van der Waals surface area contributed by atoms with Crippen LogP contribution in [0, 0.1) is 5.92 Å². The first-order chi connectivity index (χ1) is 16.4. The second kappa shape index (κ2) is 12.4. The highest BCUT2D eigenvalue weighted by Crippen LogP contribution is 2.29. The van der Waals surface area contributed by atoms with E-state index in [-0.39, 0.29) is 11.7 Å². The molecule has 0 bridgehead atoms. The summed E-state index contributed by atoms with van der Waals surface area (Å²) in [5.74, 6) is 0.674. The molecular formula is C26H27N3O4S. The third-order valence-electron chi connectivity index (χ3n) is 4.55. The number of thiocarbonyl (C=S) groups is 1. The molecule has 0 aliphatic rings. The molecule has 8 heteroatoms. The third-order valence-corrected chi connectivity index (χ3v) is 4.76. The molecule has 3 N–H and O–H groups in total. The Morgan fingerprint density at radius 2 is 1.62 bits per heavy atom. The quantitative estimate of drug-likeness (QED) is 0.334. The number of nitrogens with one attached hydrogen (secondary N) is 3. The lowest BCUT2D eigenvalue weighted by atomic mass is 10.1. The molecule has 3 aromatic carbocycles. The SMILES string of the molecule is CC(C)COc1cccc(C(=O)NC(=S)NNC(=O)COc2ccccc2-c2ccccc2)c1. The molecule has 0 unspecified atom stereocenters. The molecule has 0 aliphatic carbocycles. The molecule has 0 aromatic heterocycles. The van der Waals surface area contributed by atoms with Crippen LogP contribution < -0.4 is 25.6 Å². The van der Waals surface area contributed by atoms with Crippen LogP contribution in [0.3, 0.4) is 0 Å². The molecule has 0 heterocycles. The summed E-state index contributed by atoms with van der Waals surface area (Å²) in [6.45, 7) is 4.40.